The molecular weight excluding hydrogens is 622 g/mol. The molecule has 6 nitrogen and oxygen atoms in total. The SMILES string of the molecule is CCCCCCCCCN[C@@H]1[C@H](OC)[C@H](OCc2ccccc2)[C@@H](OCc2ccccc2)[C@H](OCc2ccccc2)[C@H]1OCc1ccccc1. The van der Waals surface area contributed by atoms with Crippen LogP contribution in [0, 0.1) is 0 Å². The molecule has 0 saturated heterocycles. The second-order valence-electron chi connectivity index (χ2n) is 13.3. The Kier molecular flexibility index (Phi) is 16.5. The van der Waals surface area contributed by atoms with Crippen LogP contribution in [0.25, 0.3) is 0 Å². The summed E-state index contributed by atoms with van der Waals surface area (Å²) < 4.78 is 34.0. The zero-order valence-corrected chi connectivity index (χ0v) is 30.0. The third-order valence-corrected chi connectivity index (χ3v) is 9.58. The van der Waals surface area contributed by atoms with E-state index in [4.69, 9.17) is 23.7 Å². The molecule has 1 fully saturated rings. The van der Waals surface area contributed by atoms with Gasteiger partial charge in [-0.05, 0) is 35.2 Å². The number of rotatable bonds is 22. The van der Waals surface area contributed by atoms with E-state index in [1.54, 1.807) is 7.11 Å². The molecule has 0 unspecified atom stereocenters. The highest BCUT2D eigenvalue weighted by Gasteiger charge is 2.54. The van der Waals surface area contributed by atoms with E-state index >= 15 is 0 Å². The van der Waals surface area contributed by atoms with Gasteiger partial charge in [-0.1, -0.05) is 167 Å². The van der Waals surface area contributed by atoms with E-state index in [2.05, 4.69) is 72.9 Å². The van der Waals surface area contributed by atoms with Crippen LogP contribution in [0.5, 0.6) is 0 Å². The molecule has 6 heteroatoms. The van der Waals surface area contributed by atoms with Gasteiger partial charge in [-0.2, -0.15) is 0 Å². The summed E-state index contributed by atoms with van der Waals surface area (Å²) in [5, 5.41) is 3.90. The summed E-state index contributed by atoms with van der Waals surface area (Å²) in [5.41, 5.74) is 4.39. The van der Waals surface area contributed by atoms with E-state index < -0.39 is 18.3 Å². The Labute approximate surface area is 300 Å². The molecule has 0 aliphatic heterocycles. The summed E-state index contributed by atoms with van der Waals surface area (Å²) in [6.07, 6.45) is 6.69. The van der Waals surface area contributed by atoms with E-state index in [9.17, 15) is 0 Å². The lowest BCUT2D eigenvalue weighted by atomic mass is 9.81. The van der Waals surface area contributed by atoms with E-state index in [0.717, 1.165) is 35.2 Å². The quantitative estimate of drug-likeness (QED) is 0.0837. The van der Waals surface area contributed by atoms with E-state index in [0.29, 0.717) is 26.4 Å². The van der Waals surface area contributed by atoms with Crippen molar-refractivity contribution in [2.45, 2.75) is 115 Å². The van der Waals surface area contributed by atoms with E-state index in [1.807, 2.05) is 60.7 Å². The summed E-state index contributed by atoms with van der Waals surface area (Å²) in [4.78, 5) is 0. The standard InChI is InChI=1S/C44H57NO5/c1-3-4-5-6-7-8-21-30-45-39-40(46-2)42(48-32-36-24-15-10-16-25-36)44(50-34-38-28-19-12-20-29-38)43(49-33-37-26-17-11-18-27-37)41(39)47-31-35-22-13-9-14-23-35/h9-20,22-29,39-45H,3-8,21,30-34H2,1-2H3/t39-,40+,41+,42+,43-,44-/m1/s1. The molecule has 1 aliphatic rings. The number of ether oxygens (including phenoxy) is 5. The largest absolute Gasteiger partial charge is 0.377 e. The molecule has 0 radical (unpaired) electrons. The van der Waals surface area contributed by atoms with Crippen LogP contribution >= 0.6 is 0 Å². The molecule has 1 N–H and O–H groups in total. The van der Waals surface area contributed by atoms with Crippen LogP contribution in [0.15, 0.2) is 121 Å². The van der Waals surface area contributed by atoms with Crippen LogP contribution in [-0.2, 0) is 50.1 Å². The third kappa shape index (κ3) is 11.9. The summed E-state index contributed by atoms with van der Waals surface area (Å²) in [6, 6.07) is 41.1. The minimum atomic E-state index is -0.468. The summed E-state index contributed by atoms with van der Waals surface area (Å²) in [5.74, 6) is 0. The Balaban J connectivity index is 1.45. The van der Waals surface area contributed by atoms with E-state index in [1.165, 1.54) is 38.5 Å². The lowest BCUT2D eigenvalue weighted by molar-refractivity contribution is -0.254. The van der Waals surface area contributed by atoms with Gasteiger partial charge in [-0.25, -0.2) is 0 Å². The molecule has 50 heavy (non-hydrogen) atoms. The normalized spacial score (nSPS) is 22.0. The first-order valence-corrected chi connectivity index (χ1v) is 18.6. The first-order valence-electron chi connectivity index (χ1n) is 18.6. The van der Waals surface area contributed by atoms with Crippen molar-refractivity contribution < 1.29 is 23.7 Å². The monoisotopic (exact) mass is 679 g/mol. The molecule has 268 valence electrons. The average Bonchev–Trinajstić information content (AvgIpc) is 3.17. The van der Waals surface area contributed by atoms with Gasteiger partial charge >= 0.3 is 0 Å². The molecule has 0 bridgehead atoms. The summed E-state index contributed by atoms with van der Waals surface area (Å²) in [6.45, 7) is 4.85. The molecular formula is C44H57NO5. The molecule has 4 aromatic rings. The zero-order chi connectivity index (χ0) is 34.6. The highest BCUT2D eigenvalue weighted by atomic mass is 16.6. The molecule has 0 amide bonds. The number of methoxy groups -OCH3 is 1. The van der Waals surface area contributed by atoms with Crippen LogP contribution < -0.4 is 5.32 Å². The lowest BCUT2D eigenvalue weighted by Gasteiger charge is -2.50. The highest BCUT2D eigenvalue weighted by Crippen LogP contribution is 2.34. The van der Waals surface area contributed by atoms with Gasteiger partial charge in [-0.3, -0.25) is 0 Å². The van der Waals surface area contributed by atoms with E-state index in [-0.39, 0.29) is 18.2 Å². The molecule has 5 rings (SSSR count). The Morgan fingerprint density at radius 1 is 0.420 bits per heavy atom. The van der Waals surface area contributed by atoms with Crippen molar-refractivity contribution in [3.05, 3.63) is 144 Å². The van der Waals surface area contributed by atoms with Crippen molar-refractivity contribution >= 4 is 0 Å². The summed E-state index contributed by atoms with van der Waals surface area (Å²) >= 11 is 0. The van der Waals surface area contributed by atoms with Gasteiger partial charge in [0.05, 0.1) is 32.5 Å². The van der Waals surface area contributed by atoms with Crippen molar-refractivity contribution in [1.29, 1.82) is 0 Å². The van der Waals surface area contributed by atoms with Crippen LogP contribution in [0.1, 0.15) is 74.1 Å². The van der Waals surface area contributed by atoms with Crippen LogP contribution in [0.4, 0.5) is 0 Å². The summed E-state index contributed by atoms with van der Waals surface area (Å²) in [7, 11) is 1.78. The molecule has 0 spiro atoms. The molecule has 0 aromatic heterocycles. The predicted molar refractivity (Wildman–Crippen MR) is 201 cm³/mol. The fraction of sp³-hybridized carbons (Fsp3) is 0.455. The average molecular weight is 680 g/mol. The van der Waals surface area contributed by atoms with Gasteiger partial charge < -0.3 is 29.0 Å². The van der Waals surface area contributed by atoms with Gasteiger partial charge in [-0.15, -0.1) is 0 Å². The topological polar surface area (TPSA) is 58.2 Å². The highest BCUT2D eigenvalue weighted by molar-refractivity contribution is 5.18. The van der Waals surface area contributed by atoms with Crippen LogP contribution in [0.3, 0.4) is 0 Å². The predicted octanol–water partition coefficient (Wildman–Crippen LogP) is 9.07. The fourth-order valence-corrected chi connectivity index (χ4v) is 6.85. The number of hydrogen-bond donors (Lipinski definition) is 1. The molecule has 0 heterocycles. The Hall–Kier alpha value is -3.36. The second kappa shape index (κ2) is 21.8. The van der Waals surface area contributed by atoms with Crippen molar-refractivity contribution in [1.82, 2.24) is 5.32 Å². The van der Waals surface area contributed by atoms with Gasteiger partial charge in [0, 0.05) is 7.11 Å². The first kappa shape index (κ1) is 37.9. The Morgan fingerprint density at radius 3 is 1.16 bits per heavy atom. The zero-order valence-electron chi connectivity index (χ0n) is 30.0. The minimum absolute atomic E-state index is 0.193. The maximum atomic E-state index is 6.93. The van der Waals surface area contributed by atoms with Crippen LogP contribution in [0.2, 0.25) is 0 Å². The van der Waals surface area contributed by atoms with Gasteiger partial charge in [0.15, 0.2) is 0 Å². The van der Waals surface area contributed by atoms with Gasteiger partial charge in [0.25, 0.3) is 0 Å². The molecule has 1 aliphatic carbocycles. The number of unbranched alkanes of at least 4 members (excludes halogenated alkanes) is 6. The lowest BCUT2D eigenvalue weighted by Crippen LogP contribution is -2.70. The fourth-order valence-electron chi connectivity index (χ4n) is 6.85. The minimum Gasteiger partial charge on any atom is -0.377 e. The van der Waals surface area contributed by atoms with Crippen molar-refractivity contribution in [3.8, 4) is 0 Å². The number of nitrogens with one attached hydrogen (secondary N) is 1. The van der Waals surface area contributed by atoms with Crippen molar-refractivity contribution in [2.75, 3.05) is 13.7 Å². The third-order valence-electron chi connectivity index (χ3n) is 9.58. The molecule has 1 saturated carbocycles. The number of hydrogen-bond acceptors (Lipinski definition) is 6. The van der Waals surface area contributed by atoms with Gasteiger partial charge in [0.2, 0.25) is 0 Å². The van der Waals surface area contributed by atoms with Crippen molar-refractivity contribution in [3.63, 3.8) is 0 Å². The smallest absolute Gasteiger partial charge is 0.115 e. The van der Waals surface area contributed by atoms with Crippen molar-refractivity contribution in [2.24, 2.45) is 0 Å². The maximum absolute atomic E-state index is 6.93. The Morgan fingerprint density at radius 2 is 0.760 bits per heavy atom. The van der Waals surface area contributed by atoms with Crippen LogP contribution in [-0.4, -0.2) is 50.2 Å². The number of benzene rings is 4. The molecule has 6 atom stereocenters. The maximum Gasteiger partial charge on any atom is 0.115 e. The first-order chi connectivity index (χ1) is 24.8. The molecule has 4 aromatic carbocycles. The second-order valence-corrected chi connectivity index (χ2v) is 13.3. The Bertz CT molecular complexity index is 1420. The van der Waals surface area contributed by atoms with Gasteiger partial charge in [0.1, 0.15) is 30.5 Å².